The molecular formula is C18H17F3O2. The van der Waals surface area contributed by atoms with E-state index in [1.807, 2.05) is 0 Å². The average molecular weight is 322 g/mol. The topological polar surface area (TPSA) is 26.3 Å². The first kappa shape index (κ1) is 17.1. The Labute approximate surface area is 133 Å². The maximum Gasteiger partial charge on any atom is 0.404 e. The lowest BCUT2D eigenvalue weighted by atomic mass is 9.72. The van der Waals surface area contributed by atoms with Gasteiger partial charge in [-0.05, 0) is 12.5 Å². The van der Waals surface area contributed by atoms with Crippen LogP contribution >= 0.6 is 0 Å². The Kier molecular flexibility index (Phi) is 4.50. The molecule has 0 saturated carbocycles. The molecule has 0 spiro atoms. The average Bonchev–Trinajstić information content (AvgIpc) is 2.53. The summed E-state index contributed by atoms with van der Waals surface area (Å²) in [6, 6.07) is 8.84. The van der Waals surface area contributed by atoms with Gasteiger partial charge < -0.3 is 4.74 Å². The highest BCUT2D eigenvalue weighted by atomic mass is 19.4. The molecule has 0 fully saturated rings. The number of hydrogen-bond donors (Lipinski definition) is 0. The Balaban J connectivity index is 2.61. The van der Waals surface area contributed by atoms with Crippen LogP contribution in [0, 0.1) is 5.41 Å². The van der Waals surface area contributed by atoms with Gasteiger partial charge in [-0.1, -0.05) is 60.7 Å². The van der Waals surface area contributed by atoms with E-state index in [2.05, 4.69) is 11.3 Å². The fraction of sp³-hybridized carbons (Fsp3) is 0.278. The lowest BCUT2D eigenvalue weighted by Gasteiger charge is -2.35. The summed E-state index contributed by atoms with van der Waals surface area (Å²) < 4.78 is 45.5. The number of ether oxygens (including phenoxy) is 1. The number of allylic oxidation sites excluding steroid dienone is 4. The molecule has 5 heteroatoms. The Morgan fingerprint density at radius 1 is 1.26 bits per heavy atom. The number of carbonyl (C=O) groups is 1. The molecule has 0 bridgehead atoms. The van der Waals surface area contributed by atoms with Crippen molar-refractivity contribution in [2.24, 2.45) is 5.41 Å². The van der Waals surface area contributed by atoms with E-state index in [9.17, 15) is 18.0 Å². The zero-order valence-corrected chi connectivity index (χ0v) is 12.9. The number of carbonyl (C=O) groups excluding carboxylic acids is 1. The summed E-state index contributed by atoms with van der Waals surface area (Å²) in [5.41, 5.74) is -1.78. The summed E-state index contributed by atoms with van der Waals surface area (Å²) in [7, 11) is 1.15. The third-order valence-corrected chi connectivity index (χ3v) is 4.02. The molecule has 0 amide bonds. The van der Waals surface area contributed by atoms with Gasteiger partial charge in [0.1, 0.15) is 5.41 Å². The van der Waals surface area contributed by atoms with Gasteiger partial charge in [-0.25, -0.2) is 4.79 Å². The third-order valence-electron chi connectivity index (χ3n) is 4.02. The summed E-state index contributed by atoms with van der Waals surface area (Å²) in [6.45, 7) is 4.76. The molecule has 1 aromatic rings. The molecule has 0 aliphatic heterocycles. The summed E-state index contributed by atoms with van der Waals surface area (Å²) in [4.78, 5) is 12.1. The second kappa shape index (κ2) is 6.07. The fourth-order valence-electron chi connectivity index (χ4n) is 2.67. The van der Waals surface area contributed by atoms with Crippen LogP contribution < -0.4 is 0 Å². The smallest absolute Gasteiger partial charge is 0.404 e. The number of esters is 1. The van der Waals surface area contributed by atoms with Crippen LogP contribution in [0.1, 0.15) is 18.4 Å². The van der Waals surface area contributed by atoms with E-state index in [0.717, 1.165) is 24.8 Å². The van der Waals surface area contributed by atoms with Crippen LogP contribution in [-0.2, 0) is 9.53 Å². The molecule has 0 N–H and O–H groups in total. The second-order valence-corrected chi connectivity index (χ2v) is 5.49. The van der Waals surface area contributed by atoms with Crippen molar-refractivity contribution in [3.8, 4) is 0 Å². The van der Waals surface area contributed by atoms with Crippen molar-refractivity contribution < 1.29 is 22.7 Å². The van der Waals surface area contributed by atoms with Gasteiger partial charge in [0.05, 0.1) is 7.11 Å². The molecule has 1 aliphatic carbocycles. The molecule has 2 rings (SSSR count). The van der Waals surface area contributed by atoms with E-state index in [1.165, 1.54) is 13.0 Å². The maximum absolute atomic E-state index is 13.6. The van der Waals surface area contributed by atoms with Crippen LogP contribution in [0.5, 0.6) is 0 Å². The van der Waals surface area contributed by atoms with Crippen molar-refractivity contribution in [2.45, 2.75) is 19.0 Å². The lowest BCUT2D eigenvalue weighted by molar-refractivity contribution is -0.177. The lowest BCUT2D eigenvalue weighted by Crippen LogP contribution is -2.38. The minimum absolute atomic E-state index is 0.0403. The van der Waals surface area contributed by atoms with E-state index >= 15 is 0 Å². The predicted molar refractivity (Wildman–Crippen MR) is 81.7 cm³/mol. The van der Waals surface area contributed by atoms with E-state index < -0.39 is 23.5 Å². The summed E-state index contributed by atoms with van der Waals surface area (Å²) in [5, 5.41) is 0. The number of rotatable bonds is 3. The van der Waals surface area contributed by atoms with E-state index in [4.69, 9.17) is 0 Å². The normalized spacial score (nSPS) is 24.0. The summed E-state index contributed by atoms with van der Waals surface area (Å²) in [6.07, 6.45) is -1.20. The van der Waals surface area contributed by atoms with Gasteiger partial charge in [0.2, 0.25) is 0 Å². The Bertz CT molecular complexity index is 671. The van der Waals surface area contributed by atoms with Crippen molar-refractivity contribution in [3.05, 3.63) is 71.8 Å². The highest BCUT2D eigenvalue weighted by Gasteiger charge is 2.54. The minimum Gasteiger partial charge on any atom is -0.466 e. The first-order chi connectivity index (χ1) is 10.7. The molecule has 0 radical (unpaired) electrons. The summed E-state index contributed by atoms with van der Waals surface area (Å²) >= 11 is 0. The molecule has 0 heterocycles. The van der Waals surface area contributed by atoms with E-state index in [0.29, 0.717) is 0 Å². The van der Waals surface area contributed by atoms with E-state index in [-0.39, 0.29) is 11.1 Å². The monoisotopic (exact) mass is 322 g/mol. The van der Waals surface area contributed by atoms with Crippen molar-refractivity contribution in [2.75, 3.05) is 7.11 Å². The molecule has 2 nitrogen and oxygen atoms in total. The molecule has 2 unspecified atom stereocenters. The van der Waals surface area contributed by atoms with Crippen molar-refractivity contribution in [1.29, 1.82) is 0 Å². The number of hydrogen-bond acceptors (Lipinski definition) is 2. The van der Waals surface area contributed by atoms with Crippen molar-refractivity contribution in [1.82, 2.24) is 0 Å². The number of halogens is 3. The van der Waals surface area contributed by atoms with Crippen molar-refractivity contribution >= 4 is 5.97 Å². The third kappa shape index (κ3) is 2.96. The summed E-state index contributed by atoms with van der Waals surface area (Å²) in [5.74, 6) is -1.36. The van der Waals surface area contributed by atoms with Crippen LogP contribution in [-0.4, -0.2) is 19.3 Å². The Morgan fingerprint density at radius 3 is 2.35 bits per heavy atom. The van der Waals surface area contributed by atoms with Crippen LogP contribution in [0.25, 0.3) is 0 Å². The Morgan fingerprint density at radius 2 is 1.87 bits per heavy atom. The number of alkyl halides is 3. The quantitative estimate of drug-likeness (QED) is 0.602. The fourth-order valence-corrected chi connectivity index (χ4v) is 2.67. The van der Waals surface area contributed by atoms with Crippen molar-refractivity contribution in [3.63, 3.8) is 0 Å². The second-order valence-electron chi connectivity index (χ2n) is 5.49. The van der Waals surface area contributed by atoms with Crippen LogP contribution in [0.15, 0.2) is 66.3 Å². The van der Waals surface area contributed by atoms with Gasteiger partial charge in [-0.15, -0.1) is 0 Å². The molecular weight excluding hydrogens is 305 g/mol. The standard InChI is InChI=1S/C18H17F3O2/c1-12(2)17(18(19,20)21)10-9-14(13-7-5-4-6-8-13)15(11-17)16(22)23-3/h4-11,14H,1H2,2-3H3. The molecule has 2 atom stereocenters. The zero-order chi connectivity index (χ0) is 17.3. The predicted octanol–water partition coefficient (Wildman–Crippen LogP) is 4.56. The zero-order valence-electron chi connectivity index (χ0n) is 12.9. The Hall–Kier alpha value is -2.30. The van der Waals surface area contributed by atoms with Gasteiger partial charge in [0, 0.05) is 11.5 Å². The van der Waals surface area contributed by atoms with Gasteiger partial charge in [-0.3, -0.25) is 0 Å². The van der Waals surface area contributed by atoms with Gasteiger partial charge in [-0.2, -0.15) is 13.2 Å². The first-order valence-electron chi connectivity index (χ1n) is 7.01. The van der Waals surface area contributed by atoms with E-state index in [1.54, 1.807) is 30.3 Å². The van der Waals surface area contributed by atoms with Gasteiger partial charge >= 0.3 is 12.1 Å². The SMILES string of the molecule is C=C(C)C1(C(F)(F)F)C=CC(c2ccccc2)C(C(=O)OC)=C1. The molecule has 23 heavy (non-hydrogen) atoms. The number of methoxy groups -OCH3 is 1. The van der Waals surface area contributed by atoms with Gasteiger partial charge in [0.25, 0.3) is 0 Å². The molecule has 0 aromatic heterocycles. The molecule has 1 aliphatic rings. The van der Waals surface area contributed by atoms with Gasteiger partial charge in [0.15, 0.2) is 0 Å². The number of benzene rings is 1. The highest BCUT2D eigenvalue weighted by molar-refractivity contribution is 5.91. The van der Waals surface area contributed by atoms with Crippen LogP contribution in [0.2, 0.25) is 0 Å². The maximum atomic E-state index is 13.6. The largest absolute Gasteiger partial charge is 0.466 e. The van der Waals surface area contributed by atoms with Crippen LogP contribution in [0.4, 0.5) is 13.2 Å². The molecule has 1 aromatic carbocycles. The molecule has 0 saturated heterocycles. The minimum atomic E-state index is -4.59. The first-order valence-corrected chi connectivity index (χ1v) is 7.01. The molecule has 122 valence electrons. The van der Waals surface area contributed by atoms with Crippen LogP contribution in [0.3, 0.4) is 0 Å². The highest BCUT2D eigenvalue weighted by Crippen LogP contribution is 2.50.